The first kappa shape index (κ1) is 23.0. The summed E-state index contributed by atoms with van der Waals surface area (Å²) >= 11 is 1.38. The standard InChI is InChI=1S/C25H21F2N3O5S/c26-17-6-5-14-16(21(17)27)12-36-19-4-2-1-3-15(19)22(14)30-20-11-35-13(10-31)9-28(20)25(34)23-24(33)18(32)7-8-29(23)30/h1-8,13,20,22,31,33H,9-12H2/t13?,20-,22+/m1/s1. The summed E-state index contributed by atoms with van der Waals surface area (Å²) in [5, 5.41) is 22.1. The molecule has 0 spiro atoms. The molecule has 0 saturated carbocycles. The van der Waals surface area contributed by atoms with E-state index in [1.54, 1.807) is 5.01 Å². The highest BCUT2D eigenvalue weighted by Gasteiger charge is 2.47. The van der Waals surface area contributed by atoms with Crippen LogP contribution in [0, 0.1) is 11.6 Å². The molecule has 0 radical (unpaired) electrons. The van der Waals surface area contributed by atoms with Gasteiger partial charge in [-0.15, -0.1) is 11.8 Å². The molecule has 3 aliphatic heterocycles. The smallest absolute Gasteiger partial charge is 0.278 e. The molecule has 186 valence electrons. The summed E-state index contributed by atoms with van der Waals surface area (Å²) in [6.45, 7) is -0.290. The number of ether oxygens (including phenoxy) is 1. The fourth-order valence-corrected chi connectivity index (χ4v) is 6.30. The Bertz CT molecular complexity index is 1450. The molecule has 11 heteroatoms. The lowest BCUT2D eigenvalue weighted by Crippen LogP contribution is -2.68. The minimum Gasteiger partial charge on any atom is -0.502 e. The Morgan fingerprint density at radius 2 is 1.89 bits per heavy atom. The number of halogens is 2. The van der Waals surface area contributed by atoms with Gasteiger partial charge in [0.2, 0.25) is 5.43 Å². The van der Waals surface area contributed by atoms with Crippen LogP contribution in [0.4, 0.5) is 8.78 Å². The molecule has 1 saturated heterocycles. The number of pyridine rings is 1. The molecule has 8 nitrogen and oxygen atoms in total. The third-order valence-electron chi connectivity index (χ3n) is 6.89. The molecule has 1 amide bonds. The van der Waals surface area contributed by atoms with Crippen molar-refractivity contribution in [3.8, 4) is 5.75 Å². The van der Waals surface area contributed by atoms with Gasteiger partial charge >= 0.3 is 0 Å². The van der Waals surface area contributed by atoms with Crippen molar-refractivity contribution in [2.24, 2.45) is 0 Å². The van der Waals surface area contributed by atoms with Crippen LogP contribution in [0.25, 0.3) is 0 Å². The third-order valence-corrected chi connectivity index (χ3v) is 8.01. The summed E-state index contributed by atoms with van der Waals surface area (Å²) in [5.41, 5.74) is 0.520. The Balaban J connectivity index is 1.65. The SMILES string of the molecule is O=C1c2c(O)c(=O)ccn2N([C@@H]2c3ccccc3SCc3c2ccc(F)c3F)[C@@H]2COC(CO)CN12. The zero-order valence-corrected chi connectivity index (χ0v) is 19.6. The van der Waals surface area contributed by atoms with Crippen LogP contribution in [0.1, 0.15) is 33.2 Å². The number of hydrogen-bond acceptors (Lipinski definition) is 7. The van der Waals surface area contributed by atoms with Crippen LogP contribution >= 0.6 is 11.8 Å². The number of amides is 1. The number of thioether (sulfide) groups is 1. The van der Waals surface area contributed by atoms with Crippen LogP contribution in [0.2, 0.25) is 0 Å². The van der Waals surface area contributed by atoms with E-state index < -0.39 is 47.0 Å². The molecular weight excluding hydrogens is 492 g/mol. The van der Waals surface area contributed by atoms with Crippen molar-refractivity contribution in [3.63, 3.8) is 0 Å². The summed E-state index contributed by atoms with van der Waals surface area (Å²) < 4.78 is 36.7. The molecule has 0 aliphatic carbocycles. The van der Waals surface area contributed by atoms with Crippen LogP contribution in [0.15, 0.2) is 58.4 Å². The second-order valence-corrected chi connectivity index (χ2v) is 9.85. The summed E-state index contributed by atoms with van der Waals surface area (Å²) in [5.74, 6) is -3.00. The van der Waals surface area contributed by atoms with Gasteiger partial charge in [-0.3, -0.25) is 19.3 Å². The first-order valence-corrected chi connectivity index (χ1v) is 12.3. The number of carbonyl (C=O) groups is 1. The number of hydrogen-bond donors (Lipinski definition) is 2. The first-order valence-electron chi connectivity index (χ1n) is 11.4. The van der Waals surface area contributed by atoms with E-state index in [9.17, 15) is 24.2 Å². The minimum atomic E-state index is -0.956. The topological polar surface area (TPSA) is 95.2 Å². The molecule has 3 aliphatic rings. The quantitative estimate of drug-likeness (QED) is 0.543. The zero-order valence-electron chi connectivity index (χ0n) is 18.8. The number of morpholine rings is 1. The van der Waals surface area contributed by atoms with Crippen molar-refractivity contribution in [2.75, 3.05) is 24.8 Å². The monoisotopic (exact) mass is 513 g/mol. The lowest BCUT2D eigenvalue weighted by atomic mass is 9.93. The van der Waals surface area contributed by atoms with Gasteiger partial charge in [0.05, 0.1) is 31.9 Å². The molecule has 1 fully saturated rings. The van der Waals surface area contributed by atoms with Crippen LogP contribution in [-0.4, -0.2) is 57.7 Å². The lowest BCUT2D eigenvalue weighted by Gasteiger charge is -2.52. The van der Waals surface area contributed by atoms with Crippen molar-refractivity contribution >= 4 is 17.7 Å². The minimum absolute atomic E-state index is 0.00805. The van der Waals surface area contributed by atoms with E-state index in [0.29, 0.717) is 5.56 Å². The van der Waals surface area contributed by atoms with E-state index in [-0.39, 0.29) is 36.8 Å². The third kappa shape index (κ3) is 3.34. The van der Waals surface area contributed by atoms with Gasteiger partial charge in [-0.1, -0.05) is 24.3 Å². The predicted octanol–water partition coefficient (Wildman–Crippen LogP) is 2.34. The second-order valence-electron chi connectivity index (χ2n) is 8.84. The summed E-state index contributed by atoms with van der Waals surface area (Å²) in [6, 6.07) is 10.5. The molecule has 1 unspecified atom stereocenters. The average Bonchev–Trinajstić information content (AvgIpc) is 3.06. The van der Waals surface area contributed by atoms with Crippen molar-refractivity contribution < 1.29 is 28.5 Å². The van der Waals surface area contributed by atoms with E-state index >= 15 is 4.39 Å². The number of aliphatic hydroxyl groups is 1. The number of rotatable bonds is 2. The number of aromatic nitrogens is 1. The molecule has 2 aromatic carbocycles. The Morgan fingerprint density at radius 3 is 2.69 bits per heavy atom. The number of aliphatic hydroxyl groups excluding tert-OH is 1. The number of carbonyl (C=O) groups excluding carboxylic acids is 1. The van der Waals surface area contributed by atoms with Crippen LogP contribution in [0.5, 0.6) is 5.75 Å². The molecule has 6 rings (SSSR count). The molecule has 0 bridgehead atoms. The van der Waals surface area contributed by atoms with Gasteiger partial charge in [0.1, 0.15) is 6.17 Å². The van der Waals surface area contributed by atoms with Crippen LogP contribution < -0.4 is 10.4 Å². The maximum absolute atomic E-state index is 15.1. The van der Waals surface area contributed by atoms with Crippen molar-refractivity contribution in [1.29, 1.82) is 0 Å². The number of benzene rings is 2. The van der Waals surface area contributed by atoms with E-state index in [1.165, 1.54) is 33.6 Å². The average molecular weight is 514 g/mol. The zero-order chi connectivity index (χ0) is 25.1. The molecule has 3 atom stereocenters. The van der Waals surface area contributed by atoms with Gasteiger partial charge in [0.25, 0.3) is 5.91 Å². The maximum Gasteiger partial charge on any atom is 0.278 e. The van der Waals surface area contributed by atoms with E-state index in [1.807, 2.05) is 24.3 Å². The highest BCUT2D eigenvalue weighted by Crippen LogP contribution is 2.45. The molecule has 2 N–H and O–H groups in total. The van der Waals surface area contributed by atoms with Gasteiger partial charge in [0, 0.05) is 28.5 Å². The Morgan fingerprint density at radius 1 is 1.08 bits per heavy atom. The highest BCUT2D eigenvalue weighted by atomic mass is 32.2. The van der Waals surface area contributed by atoms with Crippen molar-refractivity contribution in [1.82, 2.24) is 9.58 Å². The van der Waals surface area contributed by atoms with Crippen LogP contribution in [0.3, 0.4) is 0 Å². The van der Waals surface area contributed by atoms with Gasteiger partial charge < -0.3 is 19.8 Å². The number of fused-ring (bicyclic) bond motifs is 4. The largest absolute Gasteiger partial charge is 0.502 e. The Kier molecular flexibility index (Phi) is 5.51. The van der Waals surface area contributed by atoms with Gasteiger partial charge in [-0.25, -0.2) is 8.78 Å². The normalized spacial score (nSPS) is 22.9. The van der Waals surface area contributed by atoms with Crippen molar-refractivity contribution in [2.45, 2.75) is 29.0 Å². The first-order chi connectivity index (χ1) is 17.4. The van der Waals surface area contributed by atoms with Gasteiger partial charge in [-0.05, 0) is 23.3 Å². The Labute approximate surface area is 208 Å². The molecule has 1 aromatic heterocycles. The van der Waals surface area contributed by atoms with Crippen molar-refractivity contribution in [3.05, 3.63) is 92.9 Å². The fraction of sp³-hybridized carbons (Fsp3) is 0.280. The van der Waals surface area contributed by atoms with E-state index in [2.05, 4.69) is 0 Å². The second kappa shape index (κ2) is 8.61. The highest BCUT2D eigenvalue weighted by molar-refractivity contribution is 7.98. The molecule has 36 heavy (non-hydrogen) atoms. The van der Waals surface area contributed by atoms with E-state index in [4.69, 9.17) is 4.74 Å². The molecule has 4 heterocycles. The lowest BCUT2D eigenvalue weighted by molar-refractivity contribution is -0.0817. The maximum atomic E-state index is 15.1. The van der Waals surface area contributed by atoms with Gasteiger partial charge in [0.15, 0.2) is 23.1 Å². The number of nitrogens with zero attached hydrogens (tertiary/aromatic N) is 3. The predicted molar refractivity (Wildman–Crippen MR) is 126 cm³/mol. The van der Waals surface area contributed by atoms with Crippen LogP contribution in [-0.2, 0) is 10.5 Å². The molecule has 3 aromatic rings. The fourth-order valence-electron chi connectivity index (χ4n) is 5.19. The van der Waals surface area contributed by atoms with Gasteiger partial charge in [-0.2, -0.15) is 0 Å². The summed E-state index contributed by atoms with van der Waals surface area (Å²) in [6.07, 6.45) is 0.0223. The summed E-state index contributed by atoms with van der Waals surface area (Å²) in [4.78, 5) is 28.1. The Hall–Kier alpha value is -3.41. The molecular formula is C25H21F2N3O5S. The number of aromatic hydroxyl groups is 1. The summed E-state index contributed by atoms with van der Waals surface area (Å²) in [7, 11) is 0. The van der Waals surface area contributed by atoms with E-state index in [0.717, 1.165) is 22.6 Å².